The number of likely N-dealkylation sites (tertiary alicyclic amines) is 1. The fraction of sp³-hybridized carbons (Fsp3) is 0.857. The minimum Gasteiger partial charge on any atom is -0.339 e. The Bertz CT molecular complexity index is 668. The number of aromatic nitrogens is 4. The summed E-state index contributed by atoms with van der Waals surface area (Å²) in [6, 6.07) is 0.390. The van der Waals surface area contributed by atoms with Crippen molar-refractivity contribution in [1.29, 1.82) is 0 Å². The van der Waals surface area contributed by atoms with E-state index < -0.39 is 15.6 Å². The van der Waals surface area contributed by atoms with Gasteiger partial charge in [0.1, 0.15) is 11.5 Å². The van der Waals surface area contributed by atoms with Crippen molar-refractivity contribution in [1.82, 2.24) is 25.1 Å². The molecule has 0 radical (unpaired) electrons. The highest BCUT2D eigenvalue weighted by Gasteiger charge is 2.32. The van der Waals surface area contributed by atoms with E-state index in [1.54, 1.807) is 9.58 Å². The number of tetrazole rings is 1. The van der Waals surface area contributed by atoms with E-state index in [0.29, 0.717) is 12.4 Å². The number of sulfone groups is 1. The van der Waals surface area contributed by atoms with Crippen LogP contribution >= 0.6 is 0 Å². The monoisotopic (exact) mass is 341 g/mol. The van der Waals surface area contributed by atoms with Crippen LogP contribution in [0.4, 0.5) is 0 Å². The van der Waals surface area contributed by atoms with E-state index in [-0.39, 0.29) is 23.7 Å². The lowest BCUT2D eigenvalue weighted by molar-refractivity contribution is -0.132. The third kappa shape index (κ3) is 3.88. The molecule has 1 aromatic heterocycles. The maximum atomic E-state index is 12.4. The molecule has 0 aromatic carbocycles. The predicted octanol–water partition coefficient (Wildman–Crippen LogP) is 0.714. The molecule has 0 spiro atoms. The van der Waals surface area contributed by atoms with Crippen LogP contribution < -0.4 is 0 Å². The Labute approximate surface area is 136 Å². The zero-order chi connectivity index (χ0) is 16.4. The van der Waals surface area contributed by atoms with Crippen molar-refractivity contribution < 1.29 is 13.2 Å². The zero-order valence-electron chi connectivity index (χ0n) is 13.4. The summed E-state index contributed by atoms with van der Waals surface area (Å²) in [6.45, 7) is 2.70. The molecule has 23 heavy (non-hydrogen) atoms. The Morgan fingerprint density at radius 1 is 1.26 bits per heavy atom. The van der Waals surface area contributed by atoms with Crippen molar-refractivity contribution >= 4 is 15.7 Å². The second-order valence-electron chi connectivity index (χ2n) is 6.45. The molecular formula is C14H23N5O3S. The highest BCUT2D eigenvalue weighted by atomic mass is 32.2. The number of amides is 1. The number of rotatable bonds is 6. The first-order valence-corrected chi connectivity index (χ1v) is 10.1. The number of hydrogen-bond acceptors (Lipinski definition) is 6. The van der Waals surface area contributed by atoms with Gasteiger partial charge in [0.05, 0.1) is 6.04 Å². The predicted molar refractivity (Wildman–Crippen MR) is 83.2 cm³/mol. The first-order chi connectivity index (χ1) is 11.0. The molecule has 1 atom stereocenters. The summed E-state index contributed by atoms with van der Waals surface area (Å²) in [6.07, 6.45) is 5.83. The van der Waals surface area contributed by atoms with Gasteiger partial charge in [-0.25, -0.2) is 13.1 Å². The number of hydrogen-bond donors (Lipinski definition) is 0. The van der Waals surface area contributed by atoms with Crippen LogP contribution in [-0.4, -0.2) is 57.8 Å². The molecule has 8 nitrogen and oxygen atoms in total. The molecule has 1 saturated heterocycles. The van der Waals surface area contributed by atoms with Crippen molar-refractivity contribution in [2.75, 3.05) is 12.3 Å². The van der Waals surface area contributed by atoms with Gasteiger partial charge < -0.3 is 4.90 Å². The van der Waals surface area contributed by atoms with Crippen molar-refractivity contribution in [3.05, 3.63) is 5.82 Å². The van der Waals surface area contributed by atoms with Crippen LogP contribution in [0.2, 0.25) is 0 Å². The quantitative estimate of drug-likeness (QED) is 0.756. The van der Waals surface area contributed by atoms with Crippen LogP contribution in [0.25, 0.3) is 0 Å². The maximum Gasteiger partial charge on any atom is 0.238 e. The lowest BCUT2D eigenvalue weighted by atomic mass is 10.0. The van der Waals surface area contributed by atoms with Crippen molar-refractivity contribution in [2.45, 2.75) is 63.3 Å². The van der Waals surface area contributed by atoms with Crippen LogP contribution in [-0.2, 0) is 20.4 Å². The van der Waals surface area contributed by atoms with Crippen LogP contribution in [0, 0.1) is 0 Å². The Morgan fingerprint density at radius 3 is 2.74 bits per heavy atom. The summed E-state index contributed by atoms with van der Waals surface area (Å²) in [5, 5.41) is 11.2. The Hall–Kier alpha value is -1.51. The largest absolute Gasteiger partial charge is 0.339 e. The topological polar surface area (TPSA) is 98.1 Å². The molecule has 9 heteroatoms. The molecule has 1 aromatic rings. The van der Waals surface area contributed by atoms with E-state index in [1.807, 2.05) is 6.92 Å². The molecule has 2 fully saturated rings. The van der Waals surface area contributed by atoms with Gasteiger partial charge in [0, 0.05) is 12.6 Å². The molecular weight excluding hydrogens is 318 g/mol. The number of nitrogens with zero attached hydrogens (tertiary/aromatic N) is 5. The van der Waals surface area contributed by atoms with Gasteiger partial charge in [-0.1, -0.05) is 6.92 Å². The lowest BCUT2D eigenvalue weighted by Crippen LogP contribution is -2.46. The van der Waals surface area contributed by atoms with Gasteiger partial charge in [0.15, 0.2) is 15.7 Å². The van der Waals surface area contributed by atoms with Gasteiger partial charge in [-0.2, -0.15) is 0 Å². The normalized spacial score (nSPS) is 22.3. The first kappa shape index (κ1) is 16.4. The minimum atomic E-state index is -3.57. The fourth-order valence-electron chi connectivity index (χ4n) is 3.18. The number of piperidine rings is 1. The van der Waals surface area contributed by atoms with Crippen LogP contribution in [0.3, 0.4) is 0 Å². The molecule has 2 aliphatic rings. The number of carbonyl (C=O) groups is 1. The molecule has 1 aliphatic carbocycles. The second-order valence-corrected chi connectivity index (χ2v) is 8.51. The molecule has 1 saturated carbocycles. The summed E-state index contributed by atoms with van der Waals surface area (Å²) in [5.41, 5.74) is 0. The van der Waals surface area contributed by atoms with Crippen LogP contribution in [0.15, 0.2) is 0 Å². The molecule has 1 aliphatic heterocycles. The van der Waals surface area contributed by atoms with Crippen molar-refractivity contribution in [2.24, 2.45) is 0 Å². The number of carbonyl (C=O) groups excluding carboxylic acids is 1. The molecule has 128 valence electrons. The molecule has 1 amide bonds. The summed E-state index contributed by atoms with van der Waals surface area (Å²) in [4.78, 5) is 14.2. The van der Waals surface area contributed by atoms with Gasteiger partial charge in [0.2, 0.25) is 5.91 Å². The zero-order valence-corrected chi connectivity index (χ0v) is 14.2. The Kier molecular flexibility index (Phi) is 4.65. The minimum absolute atomic E-state index is 0.170. The Morgan fingerprint density at radius 2 is 2.04 bits per heavy atom. The van der Waals surface area contributed by atoms with Crippen LogP contribution in [0.1, 0.15) is 57.3 Å². The third-order valence-electron chi connectivity index (χ3n) is 4.56. The molecule has 0 unspecified atom stereocenters. The van der Waals surface area contributed by atoms with Gasteiger partial charge in [0.25, 0.3) is 0 Å². The van der Waals surface area contributed by atoms with Crippen molar-refractivity contribution in [3.8, 4) is 0 Å². The highest BCUT2D eigenvalue weighted by Crippen LogP contribution is 2.34. The van der Waals surface area contributed by atoms with Gasteiger partial charge in [-0.3, -0.25) is 4.79 Å². The highest BCUT2D eigenvalue weighted by molar-refractivity contribution is 7.91. The summed E-state index contributed by atoms with van der Waals surface area (Å²) >= 11 is 0. The molecule has 3 rings (SSSR count). The van der Waals surface area contributed by atoms with Gasteiger partial charge >= 0.3 is 0 Å². The van der Waals surface area contributed by atoms with E-state index in [1.165, 1.54) is 0 Å². The van der Waals surface area contributed by atoms with Crippen LogP contribution in [0.5, 0.6) is 0 Å². The standard InChI is InChI=1S/C14H23N5O3S/c1-2-11-5-3-4-8-18(11)14(20)10-23(21,22)9-13-15-16-17-19(13)12-6-7-12/h11-12H,2-10H2,1H3/t11-/m0/s1. The summed E-state index contributed by atoms with van der Waals surface area (Å²) in [5.74, 6) is -0.679. The smallest absolute Gasteiger partial charge is 0.238 e. The first-order valence-electron chi connectivity index (χ1n) is 8.27. The molecule has 0 N–H and O–H groups in total. The van der Waals surface area contributed by atoms with E-state index in [2.05, 4.69) is 15.5 Å². The van der Waals surface area contributed by atoms with E-state index in [0.717, 1.165) is 38.5 Å². The van der Waals surface area contributed by atoms with E-state index in [9.17, 15) is 13.2 Å². The SMILES string of the molecule is CC[C@H]1CCCCN1C(=O)CS(=O)(=O)Cc1nnnn1C1CC1. The third-order valence-corrected chi connectivity index (χ3v) is 5.95. The maximum absolute atomic E-state index is 12.4. The van der Waals surface area contributed by atoms with Gasteiger partial charge in [-0.15, -0.1) is 5.10 Å². The Balaban J connectivity index is 1.65. The summed E-state index contributed by atoms with van der Waals surface area (Å²) < 4.78 is 26.4. The molecule has 0 bridgehead atoms. The average Bonchev–Trinajstić information content (AvgIpc) is 3.27. The second kappa shape index (κ2) is 6.54. The van der Waals surface area contributed by atoms with E-state index in [4.69, 9.17) is 0 Å². The van der Waals surface area contributed by atoms with E-state index >= 15 is 0 Å². The van der Waals surface area contributed by atoms with Gasteiger partial charge in [-0.05, 0) is 49.0 Å². The molecule has 2 heterocycles. The van der Waals surface area contributed by atoms with Crippen molar-refractivity contribution in [3.63, 3.8) is 0 Å². The summed E-state index contributed by atoms with van der Waals surface area (Å²) in [7, 11) is -3.57. The average molecular weight is 341 g/mol. The fourth-order valence-corrected chi connectivity index (χ4v) is 4.41. The lowest BCUT2D eigenvalue weighted by Gasteiger charge is -2.35.